The van der Waals surface area contributed by atoms with Crippen LogP contribution in [0.5, 0.6) is 0 Å². The Hall–Kier alpha value is -3.22. The van der Waals surface area contributed by atoms with Gasteiger partial charge in [-0.05, 0) is 25.0 Å². The lowest BCUT2D eigenvalue weighted by molar-refractivity contribution is 0.0675. The monoisotopic (exact) mass is 349 g/mol. The van der Waals surface area contributed by atoms with Crippen LogP contribution < -0.4 is 5.32 Å². The molecule has 1 aromatic carbocycles. The minimum atomic E-state index is -0.263. The Morgan fingerprint density at radius 3 is 2.65 bits per heavy atom. The number of carbonyl (C=O) groups is 2. The number of nitrogens with one attached hydrogen (secondary N) is 1. The van der Waals surface area contributed by atoms with Crippen LogP contribution in [0.25, 0.3) is 5.65 Å². The quantitative estimate of drug-likeness (QED) is 0.781. The van der Waals surface area contributed by atoms with Crippen molar-refractivity contribution in [3.63, 3.8) is 0 Å². The highest BCUT2D eigenvalue weighted by molar-refractivity contribution is 5.98. The number of hydrogen-bond acceptors (Lipinski definition) is 4. The van der Waals surface area contributed by atoms with Crippen LogP contribution in [0.1, 0.15) is 33.7 Å². The largest absolute Gasteiger partial charge is 0.346 e. The lowest BCUT2D eigenvalue weighted by atomic mass is 10.0. The first kappa shape index (κ1) is 16.3. The standard InChI is InChI=1S/C19H19N5O2/c25-18(16-17-21-9-12-23(17)11-8-20-16)22-15-7-4-10-24(13-15)19(26)14-5-2-1-3-6-14/h1-3,5-6,8-9,11-12,15H,4,7,10,13H2,(H,22,25)/t15-/m1/s1. The average Bonchev–Trinajstić information content (AvgIpc) is 3.17. The molecule has 7 nitrogen and oxygen atoms in total. The van der Waals surface area contributed by atoms with Crippen molar-refractivity contribution in [2.45, 2.75) is 18.9 Å². The summed E-state index contributed by atoms with van der Waals surface area (Å²) >= 11 is 0. The zero-order valence-electron chi connectivity index (χ0n) is 14.2. The van der Waals surface area contributed by atoms with Crippen molar-refractivity contribution in [2.75, 3.05) is 13.1 Å². The van der Waals surface area contributed by atoms with E-state index in [2.05, 4.69) is 15.3 Å². The van der Waals surface area contributed by atoms with Crippen molar-refractivity contribution in [1.29, 1.82) is 0 Å². The van der Waals surface area contributed by atoms with E-state index in [1.54, 1.807) is 34.1 Å². The zero-order chi connectivity index (χ0) is 17.9. The predicted molar refractivity (Wildman–Crippen MR) is 95.8 cm³/mol. The second kappa shape index (κ2) is 6.95. The van der Waals surface area contributed by atoms with E-state index in [1.807, 2.05) is 30.3 Å². The van der Waals surface area contributed by atoms with Crippen LogP contribution in [-0.4, -0.2) is 50.2 Å². The van der Waals surface area contributed by atoms with Crippen LogP contribution in [0.4, 0.5) is 0 Å². The Labute approximate surface area is 150 Å². The molecule has 26 heavy (non-hydrogen) atoms. The van der Waals surface area contributed by atoms with Crippen molar-refractivity contribution in [1.82, 2.24) is 24.6 Å². The molecule has 0 radical (unpaired) electrons. The van der Waals surface area contributed by atoms with Crippen LogP contribution in [0.15, 0.2) is 55.1 Å². The summed E-state index contributed by atoms with van der Waals surface area (Å²) in [5, 5.41) is 3.00. The van der Waals surface area contributed by atoms with Gasteiger partial charge in [-0.2, -0.15) is 0 Å². The molecule has 1 saturated heterocycles. The second-order valence-electron chi connectivity index (χ2n) is 6.36. The van der Waals surface area contributed by atoms with E-state index in [0.29, 0.717) is 30.0 Å². The Morgan fingerprint density at radius 2 is 1.85 bits per heavy atom. The van der Waals surface area contributed by atoms with E-state index in [4.69, 9.17) is 0 Å². The van der Waals surface area contributed by atoms with Gasteiger partial charge in [0.25, 0.3) is 11.8 Å². The molecule has 1 atom stereocenters. The van der Waals surface area contributed by atoms with E-state index < -0.39 is 0 Å². The van der Waals surface area contributed by atoms with Crippen molar-refractivity contribution in [3.8, 4) is 0 Å². The molecule has 0 aliphatic carbocycles. The predicted octanol–water partition coefficient (Wildman–Crippen LogP) is 1.76. The minimum Gasteiger partial charge on any atom is -0.346 e. The van der Waals surface area contributed by atoms with Crippen molar-refractivity contribution in [3.05, 3.63) is 66.4 Å². The van der Waals surface area contributed by atoms with Gasteiger partial charge in [0.15, 0.2) is 11.3 Å². The van der Waals surface area contributed by atoms with Crippen LogP contribution in [0.2, 0.25) is 0 Å². The molecule has 3 aromatic rings. The molecule has 1 fully saturated rings. The molecule has 7 heteroatoms. The Kier molecular flexibility index (Phi) is 4.35. The third-order valence-corrected chi connectivity index (χ3v) is 4.59. The molecule has 1 aliphatic heterocycles. The van der Waals surface area contributed by atoms with Gasteiger partial charge in [0, 0.05) is 49.5 Å². The van der Waals surface area contributed by atoms with Crippen LogP contribution in [0.3, 0.4) is 0 Å². The van der Waals surface area contributed by atoms with Gasteiger partial charge in [-0.15, -0.1) is 0 Å². The van der Waals surface area contributed by atoms with Gasteiger partial charge in [-0.3, -0.25) is 9.59 Å². The van der Waals surface area contributed by atoms with Gasteiger partial charge in [0.1, 0.15) is 0 Å². The number of imidazole rings is 1. The highest BCUT2D eigenvalue weighted by Gasteiger charge is 2.26. The number of benzene rings is 1. The SMILES string of the molecule is O=C(N[C@@H]1CCCN(C(=O)c2ccccc2)C1)c1nccn2ccnc12. The fourth-order valence-corrected chi connectivity index (χ4v) is 3.31. The van der Waals surface area contributed by atoms with Gasteiger partial charge in [-0.1, -0.05) is 18.2 Å². The summed E-state index contributed by atoms with van der Waals surface area (Å²) in [5.74, 6) is -0.265. The maximum atomic E-state index is 12.6. The number of rotatable bonds is 3. The summed E-state index contributed by atoms with van der Waals surface area (Å²) in [7, 11) is 0. The molecule has 0 saturated carbocycles. The number of carbonyl (C=O) groups excluding carboxylic acids is 2. The number of hydrogen-bond donors (Lipinski definition) is 1. The van der Waals surface area contributed by atoms with E-state index in [-0.39, 0.29) is 17.9 Å². The zero-order valence-corrected chi connectivity index (χ0v) is 14.2. The molecule has 3 heterocycles. The second-order valence-corrected chi connectivity index (χ2v) is 6.36. The fourth-order valence-electron chi connectivity index (χ4n) is 3.31. The topological polar surface area (TPSA) is 79.6 Å². The average molecular weight is 349 g/mol. The van der Waals surface area contributed by atoms with Crippen LogP contribution >= 0.6 is 0 Å². The van der Waals surface area contributed by atoms with Gasteiger partial charge < -0.3 is 14.6 Å². The lowest BCUT2D eigenvalue weighted by Crippen LogP contribution is -2.49. The smallest absolute Gasteiger partial charge is 0.274 e. The van der Waals surface area contributed by atoms with E-state index in [9.17, 15) is 9.59 Å². The van der Waals surface area contributed by atoms with Crippen LogP contribution in [-0.2, 0) is 0 Å². The summed E-state index contributed by atoms with van der Waals surface area (Å²) in [5.41, 5.74) is 1.49. The van der Waals surface area contributed by atoms with Gasteiger partial charge in [0.2, 0.25) is 0 Å². The molecule has 4 rings (SSSR count). The van der Waals surface area contributed by atoms with Gasteiger partial charge in [-0.25, -0.2) is 9.97 Å². The normalized spacial score (nSPS) is 17.2. The molecule has 2 aromatic heterocycles. The molecular weight excluding hydrogens is 330 g/mol. The number of nitrogens with zero attached hydrogens (tertiary/aromatic N) is 4. The number of amides is 2. The first-order valence-corrected chi connectivity index (χ1v) is 8.65. The molecular formula is C19H19N5O2. The molecule has 132 valence electrons. The van der Waals surface area contributed by atoms with Crippen LogP contribution in [0, 0.1) is 0 Å². The summed E-state index contributed by atoms with van der Waals surface area (Å²) in [4.78, 5) is 35.4. The Morgan fingerprint density at radius 1 is 1.08 bits per heavy atom. The summed E-state index contributed by atoms with van der Waals surface area (Å²) in [6, 6.07) is 9.13. The van der Waals surface area contributed by atoms with E-state index in [0.717, 1.165) is 12.8 Å². The lowest BCUT2D eigenvalue weighted by Gasteiger charge is -2.33. The molecule has 1 N–H and O–H groups in total. The van der Waals surface area contributed by atoms with Crippen molar-refractivity contribution >= 4 is 17.5 Å². The summed E-state index contributed by atoms with van der Waals surface area (Å²) < 4.78 is 1.76. The maximum Gasteiger partial charge on any atom is 0.274 e. The number of likely N-dealkylation sites (tertiary alicyclic amines) is 1. The summed E-state index contributed by atoms with van der Waals surface area (Å²) in [6.45, 7) is 1.20. The number of fused-ring (bicyclic) bond motifs is 1. The highest BCUT2D eigenvalue weighted by Crippen LogP contribution is 2.15. The highest BCUT2D eigenvalue weighted by atomic mass is 16.2. The minimum absolute atomic E-state index is 0.00182. The molecule has 0 spiro atoms. The first-order valence-electron chi connectivity index (χ1n) is 8.65. The Balaban J connectivity index is 1.46. The maximum absolute atomic E-state index is 12.6. The third-order valence-electron chi connectivity index (χ3n) is 4.59. The molecule has 0 unspecified atom stereocenters. The number of aromatic nitrogens is 3. The fraction of sp³-hybridized carbons (Fsp3) is 0.263. The Bertz CT molecular complexity index is 937. The van der Waals surface area contributed by atoms with E-state index in [1.165, 1.54) is 0 Å². The van der Waals surface area contributed by atoms with Crippen molar-refractivity contribution in [2.24, 2.45) is 0 Å². The van der Waals surface area contributed by atoms with Crippen molar-refractivity contribution < 1.29 is 9.59 Å². The molecule has 1 aliphatic rings. The van der Waals surface area contributed by atoms with Gasteiger partial charge in [0.05, 0.1) is 0 Å². The number of piperidine rings is 1. The third kappa shape index (κ3) is 3.15. The van der Waals surface area contributed by atoms with Gasteiger partial charge >= 0.3 is 0 Å². The summed E-state index contributed by atoms with van der Waals surface area (Å²) in [6.07, 6.45) is 8.42. The molecule has 2 amide bonds. The molecule has 0 bridgehead atoms. The first-order chi connectivity index (χ1) is 12.7. The van der Waals surface area contributed by atoms with E-state index >= 15 is 0 Å².